The molecule has 0 aliphatic carbocycles. The minimum absolute atomic E-state index is 0.194. The van der Waals surface area contributed by atoms with Crippen LogP contribution in [0.25, 0.3) is 0 Å². The first-order valence-corrected chi connectivity index (χ1v) is 7.46. The molecule has 0 saturated carbocycles. The molecule has 0 aliphatic heterocycles. The molecule has 0 aromatic carbocycles. The number of carbonyl (C=O) groups is 5. The highest BCUT2D eigenvalue weighted by molar-refractivity contribution is 6.09. The zero-order chi connectivity index (χ0) is 22.0. The number of aryl methyl sites for hydroxylation is 2. The van der Waals surface area contributed by atoms with Gasteiger partial charge in [-0.2, -0.15) is 0 Å². The van der Waals surface area contributed by atoms with Gasteiger partial charge >= 0.3 is 0 Å². The molecule has 1 heterocycles. The molecule has 0 unspecified atom stereocenters. The first-order chi connectivity index (χ1) is 12.2. The van der Waals surface area contributed by atoms with Gasteiger partial charge < -0.3 is 25.5 Å². The topological polar surface area (TPSA) is 163 Å². The number of carboxylic acids is 2. The van der Waals surface area contributed by atoms with Gasteiger partial charge in [-0.1, -0.05) is 6.92 Å². The van der Waals surface area contributed by atoms with Gasteiger partial charge in [-0.25, -0.2) is 9.13 Å². The molecule has 0 saturated heterocycles. The second-order valence-corrected chi connectivity index (χ2v) is 3.77. The van der Waals surface area contributed by atoms with Crippen LogP contribution >= 0.6 is 0 Å². The van der Waals surface area contributed by atoms with Gasteiger partial charge in [-0.05, 0) is 27.3 Å². The van der Waals surface area contributed by atoms with Crippen LogP contribution < -0.4 is 15.4 Å². The lowest BCUT2D eigenvalue weighted by atomic mass is 10.7. The quantitative estimate of drug-likeness (QED) is 0.378. The van der Waals surface area contributed by atoms with Gasteiger partial charge in [0.2, 0.25) is 6.33 Å². The van der Waals surface area contributed by atoms with Crippen LogP contribution in [0.4, 0.5) is 0 Å². The van der Waals surface area contributed by atoms with E-state index >= 15 is 0 Å². The molecular weight excluding hydrogens is 346 g/mol. The van der Waals surface area contributed by atoms with E-state index in [0.717, 1.165) is 33.5 Å². The van der Waals surface area contributed by atoms with Crippen LogP contribution in [-0.4, -0.2) is 47.5 Å². The normalized spacial score (nSPS) is 7.00. The standard InChI is InChI=1S/C7H13N2.C2H7N.2C2H4O2.C2H2O2.CH2O/c1-3-8-5-6-9(4-2)7-8;1-2-3;2*1-2(3)4;3-1-2-4;1-2/h5-7H,3-4H2,1-2H3;2-3H2,1H3;2*1H3,(H,3,4);1-2H;1H2/q+1;;;;;/p-1. The number of imidazole rings is 1. The van der Waals surface area contributed by atoms with E-state index in [2.05, 4.69) is 41.7 Å². The fraction of sp³-hybridized carbons (Fsp3) is 0.500. The monoisotopic (exact) mass is 377 g/mol. The average molecular weight is 377 g/mol. The van der Waals surface area contributed by atoms with E-state index in [1.165, 1.54) is 0 Å². The molecule has 0 aliphatic rings. The maximum atomic E-state index is 9.00. The van der Waals surface area contributed by atoms with Crippen LogP contribution in [0.15, 0.2) is 18.7 Å². The molecule has 0 spiro atoms. The van der Waals surface area contributed by atoms with E-state index in [1.54, 1.807) is 0 Å². The third-order valence-electron chi connectivity index (χ3n) is 1.53. The number of carboxylic acid groups (broad SMARTS) is 2. The van der Waals surface area contributed by atoms with Gasteiger partial charge in [-0.3, -0.25) is 14.4 Å². The van der Waals surface area contributed by atoms with Gasteiger partial charge in [0.1, 0.15) is 19.2 Å². The molecule has 1 rings (SSSR count). The number of aromatic nitrogens is 2. The van der Waals surface area contributed by atoms with Crippen molar-refractivity contribution in [1.82, 2.24) is 4.57 Å². The Labute approximate surface area is 154 Å². The summed E-state index contributed by atoms with van der Waals surface area (Å²) in [4.78, 5) is 43.5. The van der Waals surface area contributed by atoms with Crippen molar-refractivity contribution in [2.75, 3.05) is 6.54 Å². The van der Waals surface area contributed by atoms with E-state index in [0.29, 0.717) is 0 Å². The maximum absolute atomic E-state index is 9.00. The lowest BCUT2D eigenvalue weighted by Crippen LogP contribution is -2.28. The summed E-state index contributed by atoms with van der Waals surface area (Å²) in [5.41, 5.74) is 4.85. The second kappa shape index (κ2) is 33.7. The minimum atomic E-state index is -1.08. The van der Waals surface area contributed by atoms with Crippen LogP contribution in [-0.2, 0) is 37.1 Å². The summed E-state index contributed by atoms with van der Waals surface area (Å²) in [5, 5.41) is 16.3. The van der Waals surface area contributed by atoms with Crippen molar-refractivity contribution >= 4 is 31.3 Å². The highest BCUT2D eigenvalue weighted by atomic mass is 16.4. The van der Waals surface area contributed by atoms with Crippen LogP contribution in [0.1, 0.15) is 34.6 Å². The second-order valence-electron chi connectivity index (χ2n) is 3.77. The predicted molar refractivity (Wildman–Crippen MR) is 93.9 cm³/mol. The maximum Gasteiger partial charge on any atom is 0.300 e. The summed E-state index contributed by atoms with van der Waals surface area (Å²) in [6.45, 7) is 13.1. The number of rotatable bonds is 3. The molecule has 0 fully saturated rings. The van der Waals surface area contributed by atoms with E-state index in [1.807, 2.05) is 13.7 Å². The number of nitrogens with zero attached hydrogens (tertiary/aromatic N) is 2. The summed E-state index contributed by atoms with van der Waals surface area (Å²) in [6, 6.07) is 0. The van der Waals surface area contributed by atoms with Gasteiger partial charge in [0.15, 0.2) is 12.6 Å². The van der Waals surface area contributed by atoms with Gasteiger partial charge in [0, 0.05) is 12.9 Å². The Morgan fingerprint density at radius 3 is 1.62 bits per heavy atom. The summed E-state index contributed by atoms with van der Waals surface area (Å²) in [7, 11) is 0. The molecule has 152 valence electrons. The van der Waals surface area contributed by atoms with Crippen molar-refractivity contribution < 1.29 is 38.8 Å². The summed E-state index contributed by atoms with van der Waals surface area (Å²) in [6.07, 6.45) is 6.67. The molecule has 0 bridgehead atoms. The highest BCUT2D eigenvalue weighted by Gasteiger charge is 1.95. The summed E-state index contributed by atoms with van der Waals surface area (Å²) >= 11 is 0. The number of hydrogen-bond donors (Lipinski definition) is 2. The van der Waals surface area contributed by atoms with Crippen LogP contribution in [0.5, 0.6) is 0 Å². The molecule has 10 nitrogen and oxygen atoms in total. The largest absolute Gasteiger partial charge is 0.550 e. The van der Waals surface area contributed by atoms with Crippen LogP contribution in [0.2, 0.25) is 0 Å². The third-order valence-corrected chi connectivity index (χ3v) is 1.53. The zero-order valence-electron chi connectivity index (χ0n) is 16.1. The predicted octanol–water partition coefficient (Wildman–Crippen LogP) is -1.17. The van der Waals surface area contributed by atoms with Crippen molar-refractivity contribution in [2.45, 2.75) is 47.7 Å². The SMILES string of the molecule is C=O.CC(=O)O.CC(=O)[O-].CCN.CCn1cc[n+](CC)c1.O=CC=O. The van der Waals surface area contributed by atoms with Crippen molar-refractivity contribution in [1.29, 1.82) is 0 Å². The van der Waals surface area contributed by atoms with E-state index in [9.17, 15) is 0 Å². The molecular formula is C16H31N3O7. The number of aldehydes is 2. The number of aliphatic carboxylic acids is 2. The minimum Gasteiger partial charge on any atom is -0.550 e. The van der Waals surface area contributed by atoms with Crippen LogP contribution in [0, 0.1) is 0 Å². The molecule has 0 radical (unpaired) electrons. The fourth-order valence-electron chi connectivity index (χ4n) is 0.813. The number of carbonyl (C=O) groups excluding carboxylic acids is 4. The molecule has 1 aromatic rings. The third kappa shape index (κ3) is 69.1. The van der Waals surface area contributed by atoms with E-state index in [-0.39, 0.29) is 12.6 Å². The lowest BCUT2D eigenvalue weighted by molar-refractivity contribution is -0.693. The van der Waals surface area contributed by atoms with Gasteiger partial charge in [-0.15, -0.1) is 0 Å². The zero-order valence-corrected chi connectivity index (χ0v) is 16.1. The Bertz CT molecular complexity index is 404. The highest BCUT2D eigenvalue weighted by Crippen LogP contribution is 1.81. The Morgan fingerprint density at radius 2 is 1.50 bits per heavy atom. The molecule has 1 aromatic heterocycles. The lowest BCUT2D eigenvalue weighted by Gasteiger charge is -1.84. The van der Waals surface area contributed by atoms with E-state index in [4.69, 9.17) is 39.9 Å². The van der Waals surface area contributed by atoms with E-state index < -0.39 is 11.9 Å². The van der Waals surface area contributed by atoms with Crippen molar-refractivity contribution in [2.24, 2.45) is 5.73 Å². The Hall–Kier alpha value is -2.88. The first kappa shape index (κ1) is 34.5. The Kier molecular flexibility index (Phi) is 44.6. The Morgan fingerprint density at radius 1 is 1.19 bits per heavy atom. The first-order valence-electron chi connectivity index (χ1n) is 7.46. The number of hydrogen-bond acceptors (Lipinski definition) is 7. The van der Waals surface area contributed by atoms with Crippen LogP contribution in [0.3, 0.4) is 0 Å². The summed E-state index contributed by atoms with van der Waals surface area (Å²) in [5.74, 6) is -1.92. The molecule has 0 atom stereocenters. The number of nitrogens with two attached hydrogens (primary N) is 1. The molecule has 0 amide bonds. The molecule has 3 N–H and O–H groups in total. The van der Waals surface area contributed by atoms with Gasteiger partial charge in [0.25, 0.3) is 5.97 Å². The average Bonchev–Trinajstić information content (AvgIpc) is 3.05. The Balaban J connectivity index is -0.0000000747. The van der Waals surface area contributed by atoms with Crippen molar-refractivity contribution in [3.05, 3.63) is 18.7 Å². The smallest absolute Gasteiger partial charge is 0.300 e. The summed E-state index contributed by atoms with van der Waals surface area (Å²) < 4.78 is 4.31. The molecule has 26 heavy (non-hydrogen) atoms. The fourth-order valence-corrected chi connectivity index (χ4v) is 0.813. The van der Waals surface area contributed by atoms with Crippen molar-refractivity contribution in [3.8, 4) is 0 Å². The van der Waals surface area contributed by atoms with Gasteiger partial charge in [0.05, 0.1) is 13.1 Å². The molecule has 10 heteroatoms. The van der Waals surface area contributed by atoms with Crippen molar-refractivity contribution in [3.63, 3.8) is 0 Å².